The van der Waals surface area contributed by atoms with Gasteiger partial charge in [-0.3, -0.25) is 0 Å². The van der Waals surface area contributed by atoms with Crippen molar-refractivity contribution in [3.05, 3.63) is 53.2 Å². The smallest absolute Gasteiger partial charge is 0.0352 e. The molecule has 1 unspecified atom stereocenters. The van der Waals surface area contributed by atoms with Gasteiger partial charge in [-0.1, -0.05) is 44.2 Å². The Labute approximate surface area is 96.7 Å². The quantitative estimate of drug-likeness (QED) is 0.700. The minimum Gasteiger partial charge on any atom is -0.398 e. The van der Waals surface area contributed by atoms with E-state index in [4.69, 9.17) is 5.73 Å². The summed E-state index contributed by atoms with van der Waals surface area (Å²) < 4.78 is 0. The number of rotatable bonds is 0. The average molecular weight is 211 g/mol. The van der Waals surface area contributed by atoms with E-state index in [2.05, 4.69) is 50.3 Å². The van der Waals surface area contributed by atoms with Crippen LogP contribution in [0, 0.1) is 5.92 Å². The number of benzene rings is 1. The first-order valence-electron chi connectivity index (χ1n) is 5.88. The Morgan fingerprint density at radius 2 is 2.00 bits per heavy atom. The Kier molecular flexibility index (Phi) is 1.82. The largest absolute Gasteiger partial charge is 0.398 e. The number of nitrogens with two attached hydrogens (primary N) is 1. The van der Waals surface area contributed by atoms with Gasteiger partial charge < -0.3 is 5.73 Å². The van der Waals surface area contributed by atoms with E-state index in [-0.39, 0.29) is 5.41 Å². The Balaban J connectivity index is 2.32. The van der Waals surface area contributed by atoms with Crippen LogP contribution >= 0.6 is 0 Å². The number of hydrogen-bond donors (Lipinski definition) is 1. The van der Waals surface area contributed by atoms with Crippen molar-refractivity contribution in [2.75, 3.05) is 0 Å². The van der Waals surface area contributed by atoms with Gasteiger partial charge in [0.1, 0.15) is 0 Å². The summed E-state index contributed by atoms with van der Waals surface area (Å²) in [6.45, 7) is 4.66. The van der Waals surface area contributed by atoms with Crippen LogP contribution in [0.15, 0.2) is 42.1 Å². The fourth-order valence-corrected chi connectivity index (χ4v) is 3.21. The van der Waals surface area contributed by atoms with Gasteiger partial charge in [0, 0.05) is 5.70 Å². The van der Waals surface area contributed by atoms with Gasteiger partial charge in [-0.25, -0.2) is 0 Å². The third-order valence-electron chi connectivity index (χ3n) is 4.11. The van der Waals surface area contributed by atoms with E-state index in [1.54, 1.807) is 0 Å². The maximum atomic E-state index is 6.15. The highest BCUT2D eigenvalue weighted by Crippen LogP contribution is 2.53. The summed E-state index contributed by atoms with van der Waals surface area (Å²) in [7, 11) is 0. The third kappa shape index (κ3) is 1.06. The Morgan fingerprint density at radius 1 is 1.25 bits per heavy atom. The molecule has 2 aliphatic rings. The Bertz CT molecular complexity index is 506. The van der Waals surface area contributed by atoms with Crippen LogP contribution in [0.2, 0.25) is 0 Å². The molecule has 1 atom stereocenters. The van der Waals surface area contributed by atoms with Crippen LogP contribution < -0.4 is 5.73 Å². The second-order valence-electron chi connectivity index (χ2n) is 5.33. The SMILES string of the molecule is CC1(C)c2ccccc2C2=C(N)C=CCC21. The maximum absolute atomic E-state index is 6.15. The van der Waals surface area contributed by atoms with Crippen LogP contribution in [-0.4, -0.2) is 0 Å². The van der Waals surface area contributed by atoms with Gasteiger partial charge in [0.15, 0.2) is 0 Å². The lowest BCUT2D eigenvalue weighted by Gasteiger charge is -2.29. The fourth-order valence-electron chi connectivity index (χ4n) is 3.21. The lowest BCUT2D eigenvalue weighted by Crippen LogP contribution is -2.25. The van der Waals surface area contributed by atoms with E-state index < -0.39 is 0 Å². The van der Waals surface area contributed by atoms with Crippen molar-refractivity contribution in [1.29, 1.82) is 0 Å². The predicted octanol–water partition coefficient (Wildman–Crippen LogP) is 3.22. The second kappa shape index (κ2) is 3.00. The van der Waals surface area contributed by atoms with Gasteiger partial charge in [0.25, 0.3) is 0 Å². The average Bonchev–Trinajstić information content (AvgIpc) is 2.51. The zero-order valence-electron chi connectivity index (χ0n) is 9.83. The van der Waals surface area contributed by atoms with Crippen molar-refractivity contribution in [3.8, 4) is 0 Å². The summed E-state index contributed by atoms with van der Waals surface area (Å²) in [6.07, 6.45) is 5.37. The molecule has 82 valence electrons. The van der Waals surface area contributed by atoms with Crippen LogP contribution in [0.1, 0.15) is 31.4 Å². The van der Waals surface area contributed by atoms with E-state index in [1.807, 2.05) is 0 Å². The van der Waals surface area contributed by atoms with Crippen molar-refractivity contribution < 1.29 is 0 Å². The molecule has 0 saturated heterocycles. The topological polar surface area (TPSA) is 26.0 Å². The minimum atomic E-state index is 0.210. The summed E-state index contributed by atoms with van der Waals surface area (Å²) in [5, 5.41) is 0. The molecule has 1 aromatic rings. The van der Waals surface area contributed by atoms with E-state index in [0.717, 1.165) is 12.1 Å². The molecule has 1 nitrogen and oxygen atoms in total. The number of allylic oxidation sites excluding steroid dienone is 3. The van der Waals surface area contributed by atoms with E-state index in [1.165, 1.54) is 16.7 Å². The minimum absolute atomic E-state index is 0.210. The molecular weight excluding hydrogens is 194 g/mol. The lowest BCUT2D eigenvalue weighted by atomic mass is 9.74. The summed E-state index contributed by atoms with van der Waals surface area (Å²) in [4.78, 5) is 0. The van der Waals surface area contributed by atoms with Crippen LogP contribution in [0.4, 0.5) is 0 Å². The highest BCUT2D eigenvalue weighted by molar-refractivity contribution is 5.81. The number of fused-ring (bicyclic) bond motifs is 3. The molecule has 3 rings (SSSR count). The monoisotopic (exact) mass is 211 g/mol. The number of hydrogen-bond acceptors (Lipinski definition) is 1. The Morgan fingerprint density at radius 3 is 2.81 bits per heavy atom. The van der Waals surface area contributed by atoms with Crippen molar-refractivity contribution in [2.24, 2.45) is 11.7 Å². The molecule has 0 aliphatic heterocycles. The van der Waals surface area contributed by atoms with Crippen molar-refractivity contribution in [1.82, 2.24) is 0 Å². The predicted molar refractivity (Wildman–Crippen MR) is 67.8 cm³/mol. The molecule has 0 fully saturated rings. The van der Waals surface area contributed by atoms with Gasteiger partial charge >= 0.3 is 0 Å². The van der Waals surface area contributed by atoms with Crippen LogP contribution in [0.5, 0.6) is 0 Å². The first-order valence-corrected chi connectivity index (χ1v) is 5.88. The van der Waals surface area contributed by atoms with E-state index >= 15 is 0 Å². The van der Waals surface area contributed by atoms with Gasteiger partial charge in [0.2, 0.25) is 0 Å². The first-order chi connectivity index (χ1) is 7.62. The standard InChI is InChI=1S/C15H17N/c1-15(2)11-7-4-3-6-10(11)14-12(15)8-5-9-13(14)16/h3-7,9,12H,8,16H2,1-2H3. The van der Waals surface area contributed by atoms with Gasteiger partial charge in [-0.15, -0.1) is 0 Å². The Hall–Kier alpha value is -1.50. The summed E-state index contributed by atoms with van der Waals surface area (Å²) in [5.41, 5.74) is 11.5. The molecule has 1 aromatic carbocycles. The highest BCUT2D eigenvalue weighted by Gasteiger charge is 2.43. The van der Waals surface area contributed by atoms with Gasteiger partial charge in [-0.05, 0) is 40.5 Å². The summed E-state index contributed by atoms with van der Waals surface area (Å²) in [6, 6.07) is 8.68. The second-order valence-corrected chi connectivity index (χ2v) is 5.33. The molecule has 0 spiro atoms. The summed E-state index contributed by atoms with van der Waals surface area (Å²) >= 11 is 0. The fraction of sp³-hybridized carbons (Fsp3) is 0.333. The van der Waals surface area contributed by atoms with Crippen LogP contribution in [0.25, 0.3) is 5.57 Å². The third-order valence-corrected chi connectivity index (χ3v) is 4.11. The van der Waals surface area contributed by atoms with E-state index in [0.29, 0.717) is 5.92 Å². The molecule has 0 bridgehead atoms. The van der Waals surface area contributed by atoms with Gasteiger partial charge in [-0.2, -0.15) is 0 Å². The molecule has 2 aliphatic carbocycles. The van der Waals surface area contributed by atoms with Crippen molar-refractivity contribution >= 4 is 5.57 Å². The molecule has 2 N–H and O–H groups in total. The molecular formula is C15H17N. The zero-order chi connectivity index (χ0) is 11.3. The molecule has 1 heteroatoms. The van der Waals surface area contributed by atoms with E-state index in [9.17, 15) is 0 Å². The first kappa shape index (κ1) is 9.71. The van der Waals surface area contributed by atoms with Crippen LogP contribution in [-0.2, 0) is 5.41 Å². The highest BCUT2D eigenvalue weighted by atomic mass is 14.6. The van der Waals surface area contributed by atoms with Crippen LogP contribution in [0.3, 0.4) is 0 Å². The molecule has 0 saturated carbocycles. The molecule has 0 radical (unpaired) electrons. The van der Waals surface area contributed by atoms with Crippen molar-refractivity contribution in [3.63, 3.8) is 0 Å². The summed E-state index contributed by atoms with van der Waals surface area (Å²) in [5.74, 6) is 0.551. The maximum Gasteiger partial charge on any atom is 0.0352 e. The zero-order valence-corrected chi connectivity index (χ0v) is 9.83. The molecule has 16 heavy (non-hydrogen) atoms. The molecule has 0 heterocycles. The molecule has 0 aromatic heterocycles. The molecule has 0 amide bonds. The van der Waals surface area contributed by atoms with Crippen molar-refractivity contribution in [2.45, 2.75) is 25.7 Å². The normalized spacial score (nSPS) is 25.5. The lowest BCUT2D eigenvalue weighted by molar-refractivity contribution is 0.413. The van der Waals surface area contributed by atoms with Gasteiger partial charge in [0.05, 0.1) is 0 Å².